The number of methoxy groups -OCH3 is 2. The maximum atomic E-state index is 11.0. The molecule has 0 heterocycles. The van der Waals surface area contributed by atoms with E-state index < -0.39 is 12.3 Å². The Morgan fingerprint density at radius 1 is 1.06 bits per heavy atom. The van der Waals surface area contributed by atoms with Crippen LogP contribution in [0.5, 0.6) is 11.5 Å². The highest BCUT2D eigenvalue weighted by Crippen LogP contribution is 2.31. The fourth-order valence-corrected chi connectivity index (χ4v) is 1.07. The molecule has 7 nitrogen and oxygen atoms in total. The number of ether oxygens (including phenoxy) is 4. The van der Waals surface area contributed by atoms with E-state index in [9.17, 15) is 14.4 Å². The van der Waals surface area contributed by atoms with Crippen LogP contribution < -0.4 is 9.47 Å². The van der Waals surface area contributed by atoms with Crippen molar-refractivity contribution in [2.24, 2.45) is 0 Å². The molecule has 0 bridgehead atoms. The average molecular weight is 254 g/mol. The number of aldehydes is 1. The predicted molar refractivity (Wildman–Crippen MR) is 57.9 cm³/mol. The molecule has 7 heteroatoms. The zero-order valence-corrected chi connectivity index (χ0v) is 9.67. The van der Waals surface area contributed by atoms with Gasteiger partial charge in [0.05, 0.1) is 19.8 Å². The Kier molecular flexibility index (Phi) is 4.67. The van der Waals surface area contributed by atoms with E-state index in [4.69, 9.17) is 9.47 Å². The second-order valence-electron chi connectivity index (χ2n) is 2.90. The molecule has 0 spiro atoms. The van der Waals surface area contributed by atoms with Crippen molar-refractivity contribution in [1.82, 2.24) is 0 Å². The van der Waals surface area contributed by atoms with Crippen molar-refractivity contribution in [2.75, 3.05) is 14.2 Å². The molecule has 0 aliphatic heterocycles. The summed E-state index contributed by atoms with van der Waals surface area (Å²) in [5.74, 6) is -0.346. The third-order valence-corrected chi connectivity index (χ3v) is 1.85. The summed E-state index contributed by atoms with van der Waals surface area (Å²) < 4.78 is 18.1. The minimum atomic E-state index is -1.04. The highest BCUT2D eigenvalue weighted by atomic mass is 16.7. The number of para-hydroxylation sites is 1. The molecule has 18 heavy (non-hydrogen) atoms. The molecule has 1 aromatic rings. The molecule has 0 amide bonds. The Labute approximate surface area is 102 Å². The molecule has 0 unspecified atom stereocenters. The zero-order valence-electron chi connectivity index (χ0n) is 9.67. The molecule has 0 radical (unpaired) electrons. The van der Waals surface area contributed by atoms with E-state index in [0.717, 1.165) is 14.2 Å². The van der Waals surface area contributed by atoms with Gasteiger partial charge in [-0.25, -0.2) is 9.59 Å². The first kappa shape index (κ1) is 13.5. The van der Waals surface area contributed by atoms with Crippen molar-refractivity contribution >= 4 is 18.6 Å². The van der Waals surface area contributed by atoms with Crippen LogP contribution in [0, 0.1) is 0 Å². The van der Waals surface area contributed by atoms with Crippen LogP contribution in [-0.2, 0) is 9.47 Å². The van der Waals surface area contributed by atoms with Gasteiger partial charge in [0.2, 0.25) is 0 Å². The van der Waals surface area contributed by atoms with E-state index in [2.05, 4.69) is 9.47 Å². The fourth-order valence-electron chi connectivity index (χ4n) is 1.07. The molecule has 0 aliphatic rings. The summed E-state index contributed by atoms with van der Waals surface area (Å²) in [5, 5.41) is 0. The second kappa shape index (κ2) is 6.24. The molecular weight excluding hydrogens is 244 g/mol. The van der Waals surface area contributed by atoms with Crippen LogP contribution >= 0.6 is 0 Å². The monoisotopic (exact) mass is 254 g/mol. The maximum Gasteiger partial charge on any atom is 0.513 e. The molecule has 0 saturated carbocycles. The number of hydrogen-bond acceptors (Lipinski definition) is 7. The lowest BCUT2D eigenvalue weighted by Crippen LogP contribution is -2.13. The molecule has 96 valence electrons. The van der Waals surface area contributed by atoms with Crippen molar-refractivity contribution in [2.45, 2.75) is 0 Å². The minimum absolute atomic E-state index is 0.0294. The highest BCUT2D eigenvalue weighted by Gasteiger charge is 2.17. The maximum absolute atomic E-state index is 11.0. The van der Waals surface area contributed by atoms with Gasteiger partial charge >= 0.3 is 12.3 Å². The molecule has 0 N–H and O–H groups in total. The summed E-state index contributed by atoms with van der Waals surface area (Å²) in [6.45, 7) is 0. The van der Waals surface area contributed by atoms with Crippen LogP contribution in [-0.4, -0.2) is 32.8 Å². The lowest BCUT2D eigenvalue weighted by Gasteiger charge is -2.10. The average Bonchev–Trinajstić information content (AvgIpc) is 2.40. The van der Waals surface area contributed by atoms with Gasteiger partial charge in [0.1, 0.15) is 0 Å². The second-order valence-corrected chi connectivity index (χ2v) is 2.90. The topological polar surface area (TPSA) is 88.1 Å². The van der Waals surface area contributed by atoms with Gasteiger partial charge in [0.15, 0.2) is 17.8 Å². The van der Waals surface area contributed by atoms with Gasteiger partial charge < -0.3 is 18.9 Å². The number of carbonyl (C=O) groups is 3. The lowest BCUT2D eigenvalue weighted by molar-refractivity contribution is 0.107. The zero-order chi connectivity index (χ0) is 13.5. The molecule has 1 aromatic carbocycles. The van der Waals surface area contributed by atoms with Gasteiger partial charge in [0, 0.05) is 0 Å². The number of carbonyl (C=O) groups excluding carboxylic acids is 3. The Morgan fingerprint density at radius 3 is 2.22 bits per heavy atom. The van der Waals surface area contributed by atoms with Gasteiger partial charge in [-0.2, -0.15) is 0 Å². The molecule has 0 atom stereocenters. The van der Waals surface area contributed by atoms with Gasteiger partial charge in [-0.15, -0.1) is 0 Å². The first-order valence-corrected chi connectivity index (χ1v) is 4.72. The van der Waals surface area contributed by atoms with Crippen molar-refractivity contribution < 1.29 is 33.3 Å². The molecule has 0 saturated heterocycles. The van der Waals surface area contributed by atoms with Crippen LogP contribution in [0.25, 0.3) is 0 Å². The van der Waals surface area contributed by atoms with Gasteiger partial charge in [-0.3, -0.25) is 4.79 Å². The third-order valence-electron chi connectivity index (χ3n) is 1.85. The number of rotatable bonds is 3. The molecule has 0 aromatic heterocycles. The summed E-state index contributed by atoms with van der Waals surface area (Å²) in [5.41, 5.74) is 0.0294. The fraction of sp³-hybridized carbons (Fsp3) is 0.182. The number of benzene rings is 1. The van der Waals surface area contributed by atoms with E-state index in [1.807, 2.05) is 0 Å². The first-order valence-electron chi connectivity index (χ1n) is 4.72. The minimum Gasteiger partial charge on any atom is -0.437 e. The van der Waals surface area contributed by atoms with E-state index in [1.54, 1.807) is 0 Å². The highest BCUT2D eigenvalue weighted by molar-refractivity contribution is 5.84. The predicted octanol–water partition coefficient (Wildman–Crippen LogP) is 1.79. The molecule has 0 aliphatic carbocycles. The van der Waals surface area contributed by atoms with Crippen LogP contribution in [0.1, 0.15) is 10.4 Å². The summed E-state index contributed by atoms with van der Waals surface area (Å²) in [6.07, 6.45) is -1.60. The Balaban J connectivity index is 3.11. The Hall–Kier alpha value is -2.57. The Morgan fingerprint density at radius 2 is 1.67 bits per heavy atom. The van der Waals surface area contributed by atoms with Crippen LogP contribution in [0.2, 0.25) is 0 Å². The van der Waals surface area contributed by atoms with Gasteiger partial charge in [0.25, 0.3) is 0 Å². The Bertz CT molecular complexity index is 466. The van der Waals surface area contributed by atoms with Crippen LogP contribution in [0.4, 0.5) is 9.59 Å². The smallest absolute Gasteiger partial charge is 0.437 e. The largest absolute Gasteiger partial charge is 0.513 e. The van der Waals surface area contributed by atoms with Gasteiger partial charge in [-0.1, -0.05) is 6.07 Å². The normalized spacial score (nSPS) is 9.22. The van der Waals surface area contributed by atoms with Crippen LogP contribution in [0.3, 0.4) is 0 Å². The molecule has 0 fully saturated rings. The van der Waals surface area contributed by atoms with Crippen molar-refractivity contribution in [1.29, 1.82) is 0 Å². The number of hydrogen-bond donors (Lipinski definition) is 0. The van der Waals surface area contributed by atoms with E-state index in [-0.39, 0.29) is 17.1 Å². The first-order chi connectivity index (χ1) is 8.62. The summed E-state index contributed by atoms with van der Waals surface area (Å²) >= 11 is 0. The van der Waals surface area contributed by atoms with E-state index in [0.29, 0.717) is 6.29 Å². The van der Waals surface area contributed by atoms with Crippen molar-refractivity contribution in [3.8, 4) is 11.5 Å². The standard InChI is InChI=1S/C11H10O7/c1-15-10(13)17-8-5-3-4-7(6-12)9(8)18-11(14)16-2/h3-6H,1-2H3. The summed E-state index contributed by atoms with van der Waals surface area (Å²) in [6, 6.07) is 4.17. The van der Waals surface area contributed by atoms with E-state index >= 15 is 0 Å². The lowest BCUT2D eigenvalue weighted by atomic mass is 10.2. The molecular formula is C11H10O7. The summed E-state index contributed by atoms with van der Waals surface area (Å²) in [4.78, 5) is 32.8. The van der Waals surface area contributed by atoms with Gasteiger partial charge in [-0.05, 0) is 12.1 Å². The van der Waals surface area contributed by atoms with Crippen LogP contribution in [0.15, 0.2) is 18.2 Å². The van der Waals surface area contributed by atoms with Crippen molar-refractivity contribution in [3.05, 3.63) is 23.8 Å². The van der Waals surface area contributed by atoms with Crippen molar-refractivity contribution in [3.63, 3.8) is 0 Å². The SMILES string of the molecule is COC(=O)Oc1cccc(C=O)c1OC(=O)OC. The van der Waals surface area contributed by atoms with E-state index in [1.165, 1.54) is 18.2 Å². The molecule has 1 rings (SSSR count). The third kappa shape index (κ3) is 3.21. The quantitative estimate of drug-likeness (QED) is 0.461. The summed E-state index contributed by atoms with van der Waals surface area (Å²) in [7, 11) is 2.22.